The summed E-state index contributed by atoms with van der Waals surface area (Å²) in [4.78, 5) is 0. The molecule has 1 unspecified atom stereocenters. The summed E-state index contributed by atoms with van der Waals surface area (Å²) < 4.78 is 0. The SMILES string of the molecule is CC(C1=CC=CCC1)C1CC1. The number of hydrogen-bond acceptors (Lipinski definition) is 0. The minimum Gasteiger partial charge on any atom is -0.0842 e. The van der Waals surface area contributed by atoms with Gasteiger partial charge < -0.3 is 0 Å². The molecule has 0 saturated heterocycles. The lowest BCUT2D eigenvalue weighted by Crippen LogP contribution is -2.02. The van der Waals surface area contributed by atoms with Gasteiger partial charge in [0.15, 0.2) is 0 Å². The van der Waals surface area contributed by atoms with Gasteiger partial charge in [-0.3, -0.25) is 0 Å². The molecule has 1 fully saturated rings. The van der Waals surface area contributed by atoms with Gasteiger partial charge in [0.2, 0.25) is 0 Å². The average molecular weight is 148 g/mol. The van der Waals surface area contributed by atoms with E-state index in [0.29, 0.717) is 0 Å². The summed E-state index contributed by atoms with van der Waals surface area (Å²) in [6.45, 7) is 2.39. The third-order valence-electron chi connectivity index (χ3n) is 2.96. The molecule has 2 aliphatic rings. The Morgan fingerprint density at radius 1 is 1.45 bits per heavy atom. The second kappa shape index (κ2) is 2.84. The standard InChI is InChI=1S/C11H16/c1-9(11-7-8-11)10-5-3-2-4-6-10/h2-3,5,9,11H,4,6-8H2,1H3. The molecule has 0 bridgehead atoms. The zero-order valence-corrected chi connectivity index (χ0v) is 7.22. The van der Waals surface area contributed by atoms with Crippen molar-refractivity contribution in [3.8, 4) is 0 Å². The van der Waals surface area contributed by atoms with Crippen LogP contribution >= 0.6 is 0 Å². The molecule has 0 N–H and O–H groups in total. The third kappa shape index (κ3) is 1.55. The number of rotatable bonds is 2. The van der Waals surface area contributed by atoms with E-state index >= 15 is 0 Å². The topological polar surface area (TPSA) is 0 Å². The third-order valence-corrected chi connectivity index (χ3v) is 2.96. The zero-order chi connectivity index (χ0) is 7.68. The maximum atomic E-state index is 2.39. The lowest BCUT2D eigenvalue weighted by atomic mass is 9.90. The van der Waals surface area contributed by atoms with Crippen molar-refractivity contribution in [1.82, 2.24) is 0 Å². The van der Waals surface area contributed by atoms with E-state index < -0.39 is 0 Å². The molecule has 0 heterocycles. The van der Waals surface area contributed by atoms with Crippen molar-refractivity contribution < 1.29 is 0 Å². The van der Waals surface area contributed by atoms with Gasteiger partial charge in [0.05, 0.1) is 0 Å². The molecule has 0 heteroatoms. The van der Waals surface area contributed by atoms with Gasteiger partial charge in [0.25, 0.3) is 0 Å². The summed E-state index contributed by atoms with van der Waals surface area (Å²) in [5.74, 6) is 1.91. The first kappa shape index (κ1) is 7.15. The quantitative estimate of drug-likeness (QED) is 0.563. The molecular weight excluding hydrogens is 132 g/mol. The predicted molar refractivity (Wildman–Crippen MR) is 48.3 cm³/mol. The minimum absolute atomic E-state index is 0.875. The fourth-order valence-corrected chi connectivity index (χ4v) is 1.90. The van der Waals surface area contributed by atoms with Crippen molar-refractivity contribution in [2.24, 2.45) is 11.8 Å². The van der Waals surface area contributed by atoms with E-state index in [1.54, 1.807) is 5.57 Å². The van der Waals surface area contributed by atoms with E-state index in [0.717, 1.165) is 11.8 Å². The molecule has 60 valence electrons. The van der Waals surface area contributed by atoms with Gasteiger partial charge in [-0.05, 0) is 37.5 Å². The summed E-state index contributed by atoms with van der Waals surface area (Å²) in [7, 11) is 0. The molecular formula is C11H16. The second-order valence-corrected chi connectivity index (χ2v) is 3.83. The van der Waals surface area contributed by atoms with Crippen LogP contribution < -0.4 is 0 Å². The number of allylic oxidation sites excluding steroid dienone is 4. The molecule has 1 saturated carbocycles. The zero-order valence-electron chi connectivity index (χ0n) is 7.22. The highest BCUT2D eigenvalue weighted by molar-refractivity contribution is 5.20. The van der Waals surface area contributed by atoms with Gasteiger partial charge in [-0.1, -0.05) is 30.7 Å². The highest BCUT2D eigenvalue weighted by Crippen LogP contribution is 2.41. The summed E-state index contributed by atoms with van der Waals surface area (Å²) in [5, 5.41) is 0. The van der Waals surface area contributed by atoms with Crippen LogP contribution in [0.15, 0.2) is 23.8 Å². The van der Waals surface area contributed by atoms with Gasteiger partial charge in [-0.15, -0.1) is 0 Å². The molecule has 11 heavy (non-hydrogen) atoms. The normalized spacial score (nSPS) is 26.5. The lowest BCUT2D eigenvalue weighted by Gasteiger charge is -2.16. The van der Waals surface area contributed by atoms with Crippen LogP contribution in [0.3, 0.4) is 0 Å². The average Bonchev–Trinajstić information content (AvgIpc) is 2.87. The fraction of sp³-hybridized carbons (Fsp3) is 0.636. The van der Waals surface area contributed by atoms with Crippen molar-refractivity contribution in [3.63, 3.8) is 0 Å². The molecule has 0 nitrogen and oxygen atoms in total. The Hall–Kier alpha value is -0.520. The summed E-state index contributed by atoms with van der Waals surface area (Å²) in [6.07, 6.45) is 12.3. The maximum Gasteiger partial charge on any atom is -0.0200 e. The molecule has 0 aliphatic heterocycles. The van der Waals surface area contributed by atoms with Crippen molar-refractivity contribution >= 4 is 0 Å². The van der Waals surface area contributed by atoms with Crippen LogP contribution in [0, 0.1) is 11.8 Å². The van der Waals surface area contributed by atoms with E-state index in [9.17, 15) is 0 Å². The van der Waals surface area contributed by atoms with E-state index in [2.05, 4.69) is 25.2 Å². The van der Waals surface area contributed by atoms with Crippen LogP contribution in [0.2, 0.25) is 0 Å². The second-order valence-electron chi connectivity index (χ2n) is 3.83. The van der Waals surface area contributed by atoms with Gasteiger partial charge in [-0.25, -0.2) is 0 Å². The Morgan fingerprint density at radius 2 is 2.27 bits per heavy atom. The first-order chi connectivity index (χ1) is 5.38. The summed E-state index contributed by atoms with van der Waals surface area (Å²) >= 11 is 0. The van der Waals surface area contributed by atoms with E-state index in [1.807, 2.05) is 0 Å². The number of hydrogen-bond donors (Lipinski definition) is 0. The Labute approximate surface area is 69.0 Å². The van der Waals surface area contributed by atoms with E-state index in [4.69, 9.17) is 0 Å². The van der Waals surface area contributed by atoms with Gasteiger partial charge in [0, 0.05) is 0 Å². The first-order valence-corrected chi connectivity index (χ1v) is 4.73. The van der Waals surface area contributed by atoms with E-state index in [1.165, 1.54) is 25.7 Å². The fourth-order valence-electron chi connectivity index (χ4n) is 1.90. The van der Waals surface area contributed by atoms with Crippen LogP contribution in [0.5, 0.6) is 0 Å². The summed E-state index contributed by atoms with van der Waals surface area (Å²) in [5.41, 5.74) is 1.69. The monoisotopic (exact) mass is 148 g/mol. The van der Waals surface area contributed by atoms with Gasteiger partial charge in [-0.2, -0.15) is 0 Å². The van der Waals surface area contributed by atoms with Gasteiger partial charge in [0.1, 0.15) is 0 Å². The van der Waals surface area contributed by atoms with Crippen LogP contribution in [0.1, 0.15) is 32.6 Å². The molecule has 2 aliphatic carbocycles. The van der Waals surface area contributed by atoms with Crippen LogP contribution in [-0.2, 0) is 0 Å². The maximum absolute atomic E-state index is 2.39. The van der Waals surface area contributed by atoms with Crippen molar-refractivity contribution in [3.05, 3.63) is 23.8 Å². The molecule has 0 radical (unpaired) electrons. The van der Waals surface area contributed by atoms with Crippen LogP contribution in [0.4, 0.5) is 0 Å². The highest BCUT2D eigenvalue weighted by atomic mass is 14.3. The molecule has 0 amide bonds. The molecule has 0 aromatic rings. The largest absolute Gasteiger partial charge is 0.0842 e. The van der Waals surface area contributed by atoms with Crippen LogP contribution in [0.25, 0.3) is 0 Å². The smallest absolute Gasteiger partial charge is 0.0200 e. The first-order valence-electron chi connectivity index (χ1n) is 4.73. The predicted octanol–water partition coefficient (Wildman–Crippen LogP) is 3.31. The molecule has 0 aromatic carbocycles. The highest BCUT2D eigenvalue weighted by Gasteiger charge is 2.29. The molecule has 0 spiro atoms. The van der Waals surface area contributed by atoms with Crippen molar-refractivity contribution in [1.29, 1.82) is 0 Å². The molecule has 1 atom stereocenters. The molecule has 0 aromatic heterocycles. The Bertz CT molecular complexity index is 194. The van der Waals surface area contributed by atoms with Crippen molar-refractivity contribution in [2.75, 3.05) is 0 Å². The molecule has 2 rings (SSSR count). The van der Waals surface area contributed by atoms with Crippen molar-refractivity contribution in [2.45, 2.75) is 32.6 Å². The Kier molecular flexibility index (Phi) is 1.85. The lowest BCUT2D eigenvalue weighted by molar-refractivity contribution is 0.566. The van der Waals surface area contributed by atoms with Gasteiger partial charge >= 0.3 is 0 Å². The minimum atomic E-state index is 0.875. The Balaban J connectivity index is 2.01. The Morgan fingerprint density at radius 3 is 2.82 bits per heavy atom. The van der Waals surface area contributed by atoms with E-state index in [-0.39, 0.29) is 0 Å². The summed E-state index contributed by atoms with van der Waals surface area (Å²) in [6, 6.07) is 0. The van der Waals surface area contributed by atoms with Crippen LogP contribution in [-0.4, -0.2) is 0 Å².